The number of rotatable bonds is 6. The predicted molar refractivity (Wildman–Crippen MR) is 88.5 cm³/mol. The van der Waals surface area contributed by atoms with Crippen LogP contribution in [0.2, 0.25) is 0 Å². The fourth-order valence-corrected chi connectivity index (χ4v) is 2.62. The molecule has 0 unspecified atom stereocenters. The Hall–Kier alpha value is -2.33. The lowest BCUT2D eigenvalue weighted by molar-refractivity contribution is 0.0854. The molecule has 0 aliphatic carbocycles. The maximum atomic E-state index is 12.4. The van der Waals surface area contributed by atoms with Crippen molar-refractivity contribution in [1.29, 1.82) is 0 Å². The van der Waals surface area contributed by atoms with Crippen molar-refractivity contribution < 1.29 is 14.3 Å². The Kier molecular flexibility index (Phi) is 5.27. The van der Waals surface area contributed by atoms with Crippen LogP contribution in [0.25, 0.3) is 0 Å². The molecule has 3 rings (SSSR count). The molecule has 2 aromatic carbocycles. The van der Waals surface area contributed by atoms with Gasteiger partial charge in [-0.25, -0.2) is 0 Å². The normalized spacial score (nSPS) is 17.0. The zero-order valence-electron chi connectivity index (χ0n) is 13.0. The van der Waals surface area contributed by atoms with Gasteiger partial charge in [0.15, 0.2) is 0 Å². The van der Waals surface area contributed by atoms with Crippen molar-refractivity contribution >= 4 is 5.91 Å². The Morgan fingerprint density at radius 2 is 1.91 bits per heavy atom. The quantitative estimate of drug-likeness (QED) is 0.891. The van der Waals surface area contributed by atoms with E-state index in [0.717, 1.165) is 25.0 Å². The van der Waals surface area contributed by atoms with Gasteiger partial charge in [0.2, 0.25) is 0 Å². The molecule has 0 saturated carbocycles. The third-order valence-electron chi connectivity index (χ3n) is 3.88. The molecule has 0 radical (unpaired) electrons. The van der Waals surface area contributed by atoms with E-state index in [1.807, 2.05) is 48.5 Å². The van der Waals surface area contributed by atoms with Crippen molar-refractivity contribution in [1.82, 2.24) is 5.32 Å². The highest BCUT2D eigenvalue weighted by Gasteiger charge is 2.18. The van der Waals surface area contributed by atoms with E-state index in [1.54, 1.807) is 6.07 Å². The van der Waals surface area contributed by atoms with Crippen molar-refractivity contribution in [2.24, 2.45) is 0 Å². The summed E-state index contributed by atoms with van der Waals surface area (Å²) in [7, 11) is 0. The van der Waals surface area contributed by atoms with Crippen LogP contribution in [0.1, 0.15) is 28.8 Å². The van der Waals surface area contributed by atoms with Gasteiger partial charge in [0.1, 0.15) is 12.4 Å². The Labute approximate surface area is 136 Å². The van der Waals surface area contributed by atoms with Gasteiger partial charge in [-0.15, -0.1) is 0 Å². The molecule has 1 amide bonds. The van der Waals surface area contributed by atoms with Gasteiger partial charge in [0.05, 0.1) is 11.7 Å². The van der Waals surface area contributed by atoms with Gasteiger partial charge < -0.3 is 14.8 Å². The van der Waals surface area contributed by atoms with Crippen LogP contribution in [0.3, 0.4) is 0 Å². The van der Waals surface area contributed by atoms with Crippen LogP contribution in [0, 0.1) is 0 Å². The molecule has 0 spiro atoms. The molecular weight excluding hydrogens is 290 g/mol. The fraction of sp³-hybridized carbons (Fsp3) is 0.316. The van der Waals surface area contributed by atoms with E-state index in [0.29, 0.717) is 24.5 Å². The zero-order valence-corrected chi connectivity index (χ0v) is 13.0. The van der Waals surface area contributed by atoms with Gasteiger partial charge in [-0.05, 0) is 30.5 Å². The van der Waals surface area contributed by atoms with Crippen LogP contribution in [0.4, 0.5) is 0 Å². The van der Waals surface area contributed by atoms with Crippen LogP contribution in [-0.2, 0) is 11.3 Å². The number of carbonyl (C=O) groups is 1. The molecule has 2 aromatic rings. The van der Waals surface area contributed by atoms with Crippen LogP contribution < -0.4 is 10.1 Å². The lowest BCUT2D eigenvalue weighted by Gasteiger charge is -2.14. The largest absolute Gasteiger partial charge is 0.488 e. The van der Waals surface area contributed by atoms with E-state index in [1.165, 1.54) is 0 Å². The number of nitrogens with one attached hydrogen (secondary N) is 1. The molecular formula is C19H21NO3. The average molecular weight is 311 g/mol. The molecule has 120 valence electrons. The molecule has 4 nitrogen and oxygen atoms in total. The second-order valence-corrected chi connectivity index (χ2v) is 5.62. The van der Waals surface area contributed by atoms with Crippen molar-refractivity contribution in [3.05, 3.63) is 65.7 Å². The van der Waals surface area contributed by atoms with Gasteiger partial charge in [0.25, 0.3) is 5.91 Å². The fourth-order valence-electron chi connectivity index (χ4n) is 2.62. The summed E-state index contributed by atoms with van der Waals surface area (Å²) in [4.78, 5) is 12.4. The highest BCUT2D eigenvalue weighted by Crippen LogP contribution is 2.19. The summed E-state index contributed by atoms with van der Waals surface area (Å²) < 4.78 is 11.4. The minimum atomic E-state index is -0.121. The summed E-state index contributed by atoms with van der Waals surface area (Å²) in [5.41, 5.74) is 1.63. The maximum Gasteiger partial charge on any atom is 0.255 e. The number of para-hydroxylation sites is 1. The Morgan fingerprint density at radius 1 is 1.13 bits per heavy atom. The Bertz CT molecular complexity index is 636. The van der Waals surface area contributed by atoms with Crippen LogP contribution in [-0.4, -0.2) is 25.2 Å². The van der Waals surface area contributed by atoms with E-state index in [4.69, 9.17) is 9.47 Å². The Morgan fingerprint density at radius 3 is 2.70 bits per heavy atom. The second kappa shape index (κ2) is 7.79. The van der Waals surface area contributed by atoms with Gasteiger partial charge in [0, 0.05) is 13.2 Å². The van der Waals surface area contributed by atoms with Crippen molar-refractivity contribution in [2.45, 2.75) is 25.6 Å². The zero-order chi connectivity index (χ0) is 15.9. The SMILES string of the molecule is O=C(NC[C@@H]1CCCO1)c1ccccc1OCc1ccccc1. The number of hydrogen-bond acceptors (Lipinski definition) is 3. The number of ether oxygens (including phenoxy) is 2. The molecule has 23 heavy (non-hydrogen) atoms. The van der Waals surface area contributed by atoms with E-state index < -0.39 is 0 Å². The first-order chi connectivity index (χ1) is 11.3. The lowest BCUT2D eigenvalue weighted by atomic mass is 10.1. The molecule has 0 aromatic heterocycles. The lowest BCUT2D eigenvalue weighted by Crippen LogP contribution is -2.32. The molecule has 1 atom stereocenters. The van der Waals surface area contributed by atoms with Crippen LogP contribution >= 0.6 is 0 Å². The van der Waals surface area contributed by atoms with E-state index in [-0.39, 0.29) is 12.0 Å². The third-order valence-corrected chi connectivity index (χ3v) is 3.88. The number of hydrogen-bond donors (Lipinski definition) is 1. The summed E-state index contributed by atoms with van der Waals surface area (Å²) >= 11 is 0. The Balaban J connectivity index is 1.61. The summed E-state index contributed by atoms with van der Waals surface area (Å²) in [5, 5.41) is 2.94. The summed E-state index contributed by atoms with van der Waals surface area (Å²) in [6, 6.07) is 17.2. The van der Waals surface area contributed by atoms with E-state index in [9.17, 15) is 4.79 Å². The van der Waals surface area contributed by atoms with Crippen molar-refractivity contribution in [2.75, 3.05) is 13.2 Å². The standard InChI is InChI=1S/C19H21NO3/c21-19(20-13-16-9-6-12-22-16)17-10-4-5-11-18(17)23-14-15-7-2-1-3-8-15/h1-5,7-8,10-11,16H,6,9,12-14H2,(H,20,21)/t16-/m0/s1. The second-order valence-electron chi connectivity index (χ2n) is 5.62. The first-order valence-corrected chi connectivity index (χ1v) is 7.98. The number of carbonyl (C=O) groups excluding carboxylic acids is 1. The maximum absolute atomic E-state index is 12.4. The molecule has 1 aliphatic heterocycles. The number of benzene rings is 2. The summed E-state index contributed by atoms with van der Waals surface area (Å²) in [5.74, 6) is 0.477. The van der Waals surface area contributed by atoms with Gasteiger partial charge in [-0.3, -0.25) is 4.79 Å². The van der Waals surface area contributed by atoms with Crippen LogP contribution in [0.15, 0.2) is 54.6 Å². The average Bonchev–Trinajstić information content (AvgIpc) is 3.12. The molecule has 1 saturated heterocycles. The summed E-state index contributed by atoms with van der Waals surface area (Å²) in [6.07, 6.45) is 2.21. The molecule has 1 N–H and O–H groups in total. The molecule has 0 bridgehead atoms. The molecule has 1 heterocycles. The molecule has 4 heteroatoms. The van der Waals surface area contributed by atoms with Crippen molar-refractivity contribution in [3.8, 4) is 5.75 Å². The van der Waals surface area contributed by atoms with Gasteiger partial charge >= 0.3 is 0 Å². The predicted octanol–water partition coefficient (Wildman–Crippen LogP) is 3.17. The van der Waals surface area contributed by atoms with Gasteiger partial charge in [-0.1, -0.05) is 42.5 Å². The highest BCUT2D eigenvalue weighted by molar-refractivity contribution is 5.96. The van der Waals surface area contributed by atoms with Crippen molar-refractivity contribution in [3.63, 3.8) is 0 Å². The smallest absolute Gasteiger partial charge is 0.255 e. The van der Waals surface area contributed by atoms with Gasteiger partial charge in [-0.2, -0.15) is 0 Å². The van der Waals surface area contributed by atoms with Crippen LogP contribution in [0.5, 0.6) is 5.75 Å². The minimum Gasteiger partial charge on any atom is -0.488 e. The minimum absolute atomic E-state index is 0.121. The summed E-state index contributed by atoms with van der Waals surface area (Å²) in [6.45, 7) is 1.78. The third kappa shape index (κ3) is 4.33. The first kappa shape index (κ1) is 15.6. The van der Waals surface area contributed by atoms with E-state index >= 15 is 0 Å². The van der Waals surface area contributed by atoms with E-state index in [2.05, 4.69) is 5.32 Å². The topological polar surface area (TPSA) is 47.6 Å². The molecule has 1 aliphatic rings. The highest BCUT2D eigenvalue weighted by atomic mass is 16.5. The molecule has 1 fully saturated rings. The first-order valence-electron chi connectivity index (χ1n) is 7.98. The monoisotopic (exact) mass is 311 g/mol. The number of amides is 1.